The topological polar surface area (TPSA) is 81.1 Å². The van der Waals surface area contributed by atoms with Gasteiger partial charge in [-0.05, 0) is 25.5 Å². The highest BCUT2D eigenvalue weighted by Gasteiger charge is 2.07. The van der Waals surface area contributed by atoms with Crippen molar-refractivity contribution in [3.05, 3.63) is 42.3 Å². The molecule has 1 aromatic heterocycles. The lowest BCUT2D eigenvalue weighted by atomic mass is 10.2. The Bertz CT molecular complexity index is 584. The van der Waals surface area contributed by atoms with Crippen molar-refractivity contribution in [2.45, 2.75) is 25.1 Å². The van der Waals surface area contributed by atoms with E-state index in [9.17, 15) is 4.79 Å². The van der Waals surface area contributed by atoms with Gasteiger partial charge >= 0.3 is 0 Å². The van der Waals surface area contributed by atoms with Crippen LogP contribution in [-0.2, 0) is 10.5 Å². The van der Waals surface area contributed by atoms with E-state index in [1.54, 1.807) is 6.26 Å². The fourth-order valence-electron chi connectivity index (χ4n) is 1.83. The van der Waals surface area contributed by atoms with Crippen molar-refractivity contribution in [2.75, 3.05) is 12.3 Å². The molecular weight excluding hydrogens is 298 g/mol. The van der Waals surface area contributed by atoms with Gasteiger partial charge in [0.1, 0.15) is 6.26 Å². The van der Waals surface area contributed by atoms with Crippen LogP contribution in [0.5, 0.6) is 0 Å². The van der Waals surface area contributed by atoms with Gasteiger partial charge in [0.15, 0.2) is 0 Å². The van der Waals surface area contributed by atoms with E-state index in [0.29, 0.717) is 23.9 Å². The Kier molecular flexibility index (Phi) is 6.48. The molecule has 0 bridgehead atoms. The number of nitrogens with two attached hydrogens (primary N) is 1. The van der Waals surface area contributed by atoms with E-state index in [0.717, 1.165) is 17.7 Å². The Balaban J connectivity index is 1.72. The zero-order valence-electron chi connectivity index (χ0n) is 12.6. The molecule has 5 nitrogen and oxygen atoms in total. The maximum Gasteiger partial charge on any atom is 0.230 e. The molecule has 1 unspecified atom stereocenters. The lowest BCUT2D eigenvalue weighted by Gasteiger charge is -2.06. The summed E-state index contributed by atoms with van der Waals surface area (Å²) in [5.74, 6) is 1.69. The van der Waals surface area contributed by atoms with E-state index in [2.05, 4.69) is 10.3 Å². The first-order valence-electron chi connectivity index (χ1n) is 7.25. The number of benzene rings is 1. The van der Waals surface area contributed by atoms with Crippen molar-refractivity contribution in [3.8, 4) is 11.5 Å². The van der Waals surface area contributed by atoms with E-state index in [1.807, 2.05) is 37.3 Å². The number of carbonyl (C=O) groups excluding carboxylic acids is 1. The first-order valence-corrected chi connectivity index (χ1v) is 8.40. The number of thioether (sulfide) groups is 1. The first kappa shape index (κ1) is 16.6. The van der Waals surface area contributed by atoms with Gasteiger partial charge in [-0.15, -0.1) is 11.8 Å². The van der Waals surface area contributed by atoms with Crippen LogP contribution in [0.25, 0.3) is 11.5 Å². The van der Waals surface area contributed by atoms with E-state index >= 15 is 0 Å². The molecule has 0 aliphatic carbocycles. The second-order valence-electron chi connectivity index (χ2n) is 5.12. The third kappa shape index (κ3) is 5.54. The molecule has 1 atom stereocenters. The second-order valence-corrected chi connectivity index (χ2v) is 6.10. The predicted octanol–water partition coefficient (Wildman–Crippen LogP) is 2.43. The number of hydrogen-bond donors (Lipinski definition) is 2. The maximum absolute atomic E-state index is 11.6. The third-order valence-corrected chi connectivity index (χ3v) is 3.94. The van der Waals surface area contributed by atoms with Crippen molar-refractivity contribution in [1.29, 1.82) is 0 Å². The summed E-state index contributed by atoms with van der Waals surface area (Å²) in [5.41, 5.74) is 7.42. The second kappa shape index (κ2) is 8.60. The lowest BCUT2D eigenvalue weighted by molar-refractivity contribution is -0.118. The van der Waals surface area contributed by atoms with Gasteiger partial charge < -0.3 is 15.5 Å². The smallest absolute Gasteiger partial charge is 0.230 e. The normalized spacial score (nSPS) is 12.1. The van der Waals surface area contributed by atoms with Gasteiger partial charge in [-0.1, -0.05) is 18.2 Å². The number of oxazole rings is 1. The monoisotopic (exact) mass is 319 g/mol. The minimum Gasteiger partial charge on any atom is -0.444 e. The van der Waals surface area contributed by atoms with Crippen LogP contribution in [0.4, 0.5) is 0 Å². The number of nitrogens with one attached hydrogen (secondary N) is 1. The molecule has 1 heterocycles. The number of rotatable bonds is 8. The molecule has 0 saturated heterocycles. The van der Waals surface area contributed by atoms with Crippen LogP contribution in [0.1, 0.15) is 19.0 Å². The molecule has 0 saturated carbocycles. The molecule has 2 aromatic rings. The highest BCUT2D eigenvalue weighted by Crippen LogP contribution is 2.20. The standard InChI is InChI=1S/C16H21N3O2S/c1-12(17)7-8-18-15(20)11-22-10-14-9-21-16(19-14)13-5-3-2-4-6-13/h2-6,9,12H,7-8,10-11,17H2,1H3,(H,18,20). The molecule has 0 aliphatic rings. The maximum atomic E-state index is 11.6. The largest absolute Gasteiger partial charge is 0.444 e. The Hall–Kier alpha value is -1.79. The van der Waals surface area contributed by atoms with E-state index < -0.39 is 0 Å². The molecule has 118 valence electrons. The number of hydrogen-bond acceptors (Lipinski definition) is 5. The molecule has 0 radical (unpaired) electrons. The fourth-order valence-corrected chi connectivity index (χ4v) is 2.56. The fraction of sp³-hybridized carbons (Fsp3) is 0.375. The summed E-state index contributed by atoms with van der Waals surface area (Å²) in [7, 11) is 0. The van der Waals surface area contributed by atoms with Gasteiger partial charge in [-0.3, -0.25) is 4.79 Å². The van der Waals surface area contributed by atoms with Gasteiger partial charge in [0, 0.05) is 23.9 Å². The Morgan fingerprint density at radius 3 is 2.91 bits per heavy atom. The molecule has 6 heteroatoms. The number of nitrogens with zero attached hydrogens (tertiary/aromatic N) is 1. The average molecular weight is 319 g/mol. The zero-order chi connectivity index (χ0) is 15.8. The van der Waals surface area contributed by atoms with Crippen molar-refractivity contribution < 1.29 is 9.21 Å². The Labute approximate surface area is 134 Å². The highest BCUT2D eigenvalue weighted by molar-refractivity contribution is 7.99. The SMILES string of the molecule is CC(N)CCNC(=O)CSCc1coc(-c2ccccc2)n1. The highest BCUT2D eigenvalue weighted by atomic mass is 32.2. The summed E-state index contributed by atoms with van der Waals surface area (Å²) in [6.07, 6.45) is 2.43. The Morgan fingerprint density at radius 1 is 1.41 bits per heavy atom. The molecule has 2 rings (SSSR count). The lowest BCUT2D eigenvalue weighted by Crippen LogP contribution is -2.30. The van der Waals surface area contributed by atoms with Gasteiger partial charge in [0.2, 0.25) is 11.8 Å². The average Bonchev–Trinajstić information content (AvgIpc) is 2.97. The summed E-state index contributed by atoms with van der Waals surface area (Å²) in [6, 6.07) is 9.86. The predicted molar refractivity (Wildman–Crippen MR) is 89.4 cm³/mol. The first-order chi connectivity index (χ1) is 10.6. The quantitative estimate of drug-likeness (QED) is 0.781. The van der Waals surface area contributed by atoms with Crippen molar-refractivity contribution in [2.24, 2.45) is 5.73 Å². The summed E-state index contributed by atoms with van der Waals surface area (Å²) < 4.78 is 5.46. The van der Waals surface area contributed by atoms with Crippen LogP contribution >= 0.6 is 11.8 Å². The van der Waals surface area contributed by atoms with Crippen LogP contribution in [0.15, 0.2) is 41.0 Å². The summed E-state index contributed by atoms with van der Waals surface area (Å²) in [6.45, 7) is 2.55. The summed E-state index contributed by atoms with van der Waals surface area (Å²) in [4.78, 5) is 16.1. The minimum absolute atomic E-state index is 0.0254. The third-order valence-electron chi connectivity index (χ3n) is 2.98. The number of aromatic nitrogens is 1. The molecule has 3 N–H and O–H groups in total. The van der Waals surface area contributed by atoms with Crippen molar-refractivity contribution in [1.82, 2.24) is 10.3 Å². The van der Waals surface area contributed by atoms with Gasteiger partial charge in [0.05, 0.1) is 11.4 Å². The molecule has 1 amide bonds. The van der Waals surface area contributed by atoms with E-state index in [-0.39, 0.29) is 11.9 Å². The van der Waals surface area contributed by atoms with Crippen LogP contribution in [0, 0.1) is 0 Å². The van der Waals surface area contributed by atoms with Gasteiger partial charge in [-0.25, -0.2) is 4.98 Å². The van der Waals surface area contributed by atoms with Crippen LogP contribution in [-0.4, -0.2) is 29.2 Å². The van der Waals surface area contributed by atoms with E-state index in [1.165, 1.54) is 11.8 Å². The molecule has 22 heavy (non-hydrogen) atoms. The van der Waals surface area contributed by atoms with Crippen molar-refractivity contribution in [3.63, 3.8) is 0 Å². The molecule has 1 aromatic carbocycles. The molecule has 0 spiro atoms. The summed E-state index contributed by atoms with van der Waals surface area (Å²) in [5, 5.41) is 2.85. The van der Waals surface area contributed by atoms with Crippen LogP contribution in [0.3, 0.4) is 0 Å². The van der Waals surface area contributed by atoms with Crippen molar-refractivity contribution >= 4 is 17.7 Å². The van der Waals surface area contributed by atoms with E-state index in [4.69, 9.17) is 10.2 Å². The zero-order valence-corrected chi connectivity index (χ0v) is 13.4. The van der Waals surface area contributed by atoms with Crippen LogP contribution in [0.2, 0.25) is 0 Å². The number of amides is 1. The minimum atomic E-state index is 0.0254. The summed E-state index contributed by atoms with van der Waals surface area (Å²) >= 11 is 1.52. The van der Waals surface area contributed by atoms with Gasteiger partial charge in [-0.2, -0.15) is 0 Å². The van der Waals surface area contributed by atoms with Crippen LogP contribution < -0.4 is 11.1 Å². The van der Waals surface area contributed by atoms with Gasteiger partial charge in [0.25, 0.3) is 0 Å². The Morgan fingerprint density at radius 2 is 2.18 bits per heavy atom. The molecule has 0 fully saturated rings. The molecule has 0 aliphatic heterocycles. The number of carbonyl (C=O) groups is 1. The molecular formula is C16H21N3O2S.